The van der Waals surface area contributed by atoms with Gasteiger partial charge >= 0.3 is 0 Å². The fraction of sp³-hybridized carbons (Fsp3) is 0.0556. The number of imidazole rings is 1. The highest BCUT2D eigenvalue weighted by atomic mass is 19.1. The third-order valence-corrected chi connectivity index (χ3v) is 4.04. The number of fused-ring (bicyclic) bond motifs is 1. The maximum absolute atomic E-state index is 13.8. The first-order valence-corrected chi connectivity index (χ1v) is 8.09. The largest absolute Gasteiger partial charge is 0.382 e. The van der Waals surface area contributed by atoms with Crippen LogP contribution in [0.4, 0.5) is 20.4 Å². The Morgan fingerprint density at radius 1 is 1.14 bits per heavy atom. The van der Waals surface area contributed by atoms with Gasteiger partial charge in [0.1, 0.15) is 47.1 Å². The molecule has 0 atom stereocenters. The van der Waals surface area contributed by atoms with Gasteiger partial charge in [-0.3, -0.25) is 9.55 Å². The van der Waals surface area contributed by atoms with Crippen LogP contribution in [0.1, 0.15) is 11.4 Å². The van der Waals surface area contributed by atoms with Gasteiger partial charge in [0.15, 0.2) is 0 Å². The van der Waals surface area contributed by atoms with Crippen LogP contribution >= 0.6 is 0 Å². The van der Waals surface area contributed by atoms with Crippen molar-refractivity contribution in [3.8, 4) is 11.8 Å². The fourth-order valence-electron chi connectivity index (χ4n) is 2.83. The Kier molecular flexibility index (Phi) is 4.25. The molecule has 3 aromatic heterocycles. The number of nitrogens with zero attached hydrogens (tertiary/aromatic N) is 6. The summed E-state index contributed by atoms with van der Waals surface area (Å²) >= 11 is 0. The van der Waals surface area contributed by atoms with Gasteiger partial charge in [0.2, 0.25) is 0 Å². The van der Waals surface area contributed by atoms with E-state index >= 15 is 0 Å². The minimum atomic E-state index is -0.537. The van der Waals surface area contributed by atoms with Gasteiger partial charge in [-0.1, -0.05) is 0 Å². The molecule has 0 bridgehead atoms. The van der Waals surface area contributed by atoms with E-state index < -0.39 is 11.6 Å². The van der Waals surface area contributed by atoms with E-state index in [1.807, 2.05) is 6.07 Å². The molecule has 10 heteroatoms. The van der Waals surface area contributed by atoms with Gasteiger partial charge in [-0.05, 0) is 12.1 Å². The SMILES string of the molecule is N#Cc1c(N)ncnc1NCc1nc2ccc(F)cc2n1-c1cncc(F)c1. The minimum Gasteiger partial charge on any atom is -0.382 e. The number of hydrogen-bond acceptors (Lipinski definition) is 7. The fourth-order valence-corrected chi connectivity index (χ4v) is 2.83. The topological polar surface area (TPSA) is 118 Å². The molecule has 4 aromatic rings. The molecule has 1 aromatic carbocycles. The van der Waals surface area contributed by atoms with Gasteiger partial charge in [0, 0.05) is 12.1 Å². The number of nitrogens with one attached hydrogen (secondary N) is 1. The lowest BCUT2D eigenvalue weighted by Crippen LogP contribution is -2.11. The predicted molar refractivity (Wildman–Crippen MR) is 97.3 cm³/mol. The van der Waals surface area contributed by atoms with E-state index in [0.29, 0.717) is 22.5 Å². The number of benzene rings is 1. The van der Waals surface area contributed by atoms with E-state index in [-0.39, 0.29) is 23.7 Å². The number of rotatable bonds is 4. The molecule has 8 nitrogen and oxygen atoms in total. The second-order valence-electron chi connectivity index (χ2n) is 5.81. The monoisotopic (exact) mass is 378 g/mol. The summed E-state index contributed by atoms with van der Waals surface area (Å²) in [4.78, 5) is 16.1. The number of pyridine rings is 1. The average molecular weight is 378 g/mol. The molecule has 3 N–H and O–H groups in total. The molecule has 0 saturated carbocycles. The number of hydrogen-bond donors (Lipinski definition) is 2. The Morgan fingerprint density at radius 2 is 2.00 bits per heavy atom. The lowest BCUT2D eigenvalue weighted by atomic mass is 10.3. The van der Waals surface area contributed by atoms with Crippen LogP contribution in [0.3, 0.4) is 0 Å². The first-order valence-electron chi connectivity index (χ1n) is 8.09. The molecule has 0 unspecified atom stereocenters. The molecule has 0 saturated heterocycles. The van der Waals surface area contributed by atoms with Crippen molar-refractivity contribution in [2.45, 2.75) is 6.54 Å². The van der Waals surface area contributed by atoms with Gasteiger partial charge in [-0.15, -0.1) is 0 Å². The number of anilines is 2. The third kappa shape index (κ3) is 3.05. The van der Waals surface area contributed by atoms with E-state index in [1.165, 1.54) is 36.8 Å². The summed E-state index contributed by atoms with van der Waals surface area (Å²) in [6.45, 7) is 0.109. The van der Waals surface area contributed by atoms with E-state index in [2.05, 4.69) is 25.3 Å². The second kappa shape index (κ2) is 6.88. The van der Waals surface area contributed by atoms with Crippen molar-refractivity contribution in [2.75, 3.05) is 11.1 Å². The molecule has 0 aliphatic heterocycles. The quantitative estimate of drug-likeness (QED) is 0.560. The standard InChI is InChI=1S/C18H12F2N8/c19-10-1-2-14-15(4-10)28(12-3-11(20)6-23-7-12)16(27-14)8-24-18-13(5-21)17(22)25-9-26-18/h1-4,6-7,9H,8H2,(H3,22,24,25,26). The molecule has 3 heterocycles. The molecular formula is C18H12F2N8. The molecule has 0 aliphatic rings. The van der Waals surface area contributed by atoms with Crippen LogP contribution in [0.5, 0.6) is 0 Å². The Bertz CT molecular complexity index is 1230. The van der Waals surface area contributed by atoms with E-state index in [1.54, 1.807) is 4.57 Å². The van der Waals surface area contributed by atoms with Crippen LogP contribution in [0, 0.1) is 23.0 Å². The molecule has 4 rings (SSSR count). The minimum absolute atomic E-state index is 0.0462. The zero-order valence-electron chi connectivity index (χ0n) is 14.3. The maximum Gasteiger partial charge on any atom is 0.149 e. The first kappa shape index (κ1) is 17.3. The van der Waals surface area contributed by atoms with Crippen molar-refractivity contribution in [3.05, 3.63) is 66.0 Å². The lowest BCUT2D eigenvalue weighted by Gasteiger charge is -2.11. The van der Waals surface area contributed by atoms with Crippen LogP contribution < -0.4 is 11.1 Å². The van der Waals surface area contributed by atoms with Crippen molar-refractivity contribution in [1.29, 1.82) is 5.26 Å². The predicted octanol–water partition coefficient (Wildman–Crippen LogP) is 2.55. The van der Waals surface area contributed by atoms with Crippen LogP contribution in [0.2, 0.25) is 0 Å². The summed E-state index contributed by atoms with van der Waals surface area (Å²) in [7, 11) is 0. The van der Waals surface area contributed by atoms with Gasteiger partial charge in [0.25, 0.3) is 0 Å². The molecular weight excluding hydrogens is 366 g/mol. The van der Waals surface area contributed by atoms with Crippen molar-refractivity contribution in [1.82, 2.24) is 24.5 Å². The van der Waals surface area contributed by atoms with E-state index in [9.17, 15) is 14.0 Å². The van der Waals surface area contributed by atoms with Crippen LogP contribution in [0.25, 0.3) is 16.7 Å². The Hall–Kier alpha value is -4.13. The van der Waals surface area contributed by atoms with Crippen LogP contribution in [-0.4, -0.2) is 24.5 Å². The smallest absolute Gasteiger partial charge is 0.149 e. The normalized spacial score (nSPS) is 10.8. The van der Waals surface area contributed by atoms with Gasteiger partial charge in [-0.2, -0.15) is 5.26 Å². The van der Waals surface area contributed by atoms with Crippen molar-refractivity contribution >= 4 is 22.7 Å². The Morgan fingerprint density at radius 3 is 2.79 bits per heavy atom. The van der Waals surface area contributed by atoms with Gasteiger partial charge < -0.3 is 11.1 Å². The molecule has 0 amide bonds. The van der Waals surface area contributed by atoms with Crippen molar-refractivity contribution < 1.29 is 8.78 Å². The summed E-state index contributed by atoms with van der Waals surface area (Å²) in [6, 6.07) is 7.33. The van der Waals surface area contributed by atoms with Crippen molar-refractivity contribution in [2.24, 2.45) is 0 Å². The summed E-state index contributed by atoms with van der Waals surface area (Å²) in [5.74, 6) is -0.269. The molecule has 0 spiro atoms. The number of nitrogens with two attached hydrogens (primary N) is 1. The Labute approximate surface area is 157 Å². The molecule has 0 fully saturated rings. The summed E-state index contributed by atoms with van der Waals surface area (Å²) in [6.07, 6.45) is 3.75. The highest BCUT2D eigenvalue weighted by Gasteiger charge is 2.16. The third-order valence-electron chi connectivity index (χ3n) is 4.04. The number of nitriles is 1. The van der Waals surface area contributed by atoms with Gasteiger partial charge in [-0.25, -0.2) is 23.7 Å². The molecule has 138 valence electrons. The van der Waals surface area contributed by atoms with E-state index in [4.69, 9.17) is 5.73 Å². The molecule has 0 radical (unpaired) electrons. The summed E-state index contributed by atoms with van der Waals surface area (Å²) < 4.78 is 29.1. The van der Waals surface area contributed by atoms with Crippen LogP contribution in [-0.2, 0) is 6.54 Å². The van der Waals surface area contributed by atoms with E-state index in [0.717, 1.165) is 6.20 Å². The van der Waals surface area contributed by atoms with Gasteiger partial charge in [0.05, 0.1) is 35.7 Å². The zero-order valence-corrected chi connectivity index (χ0v) is 14.3. The Balaban J connectivity index is 1.80. The number of aromatic nitrogens is 5. The second-order valence-corrected chi connectivity index (χ2v) is 5.81. The first-order chi connectivity index (χ1) is 13.6. The average Bonchev–Trinajstić information content (AvgIpc) is 3.03. The lowest BCUT2D eigenvalue weighted by molar-refractivity contribution is 0.619. The highest BCUT2D eigenvalue weighted by Crippen LogP contribution is 2.24. The molecule has 0 aliphatic carbocycles. The van der Waals surface area contributed by atoms with Crippen molar-refractivity contribution in [3.63, 3.8) is 0 Å². The number of nitrogen functional groups attached to an aromatic ring is 1. The summed E-state index contributed by atoms with van der Waals surface area (Å²) in [5.41, 5.74) is 7.14. The summed E-state index contributed by atoms with van der Waals surface area (Å²) in [5, 5.41) is 12.2. The van der Waals surface area contributed by atoms with Crippen LogP contribution in [0.15, 0.2) is 43.0 Å². The highest BCUT2D eigenvalue weighted by molar-refractivity contribution is 5.78. The molecule has 28 heavy (non-hydrogen) atoms. The number of halogens is 2. The zero-order chi connectivity index (χ0) is 19.7. The maximum atomic E-state index is 13.8.